The van der Waals surface area contributed by atoms with Crippen molar-refractivity contribution in [3.63, 3.8) is 0 Å². The van der Waals surface area contributed by atoms with Crippen LogP contribution in [0.15, 0.2) is 47.4 Å². The summed E-state index contributed by atoms with van der Waals surface area (Å²) in [5, 5.41) is 5.28. The maximum Gasteiger partial charge on any atom is 0.262 e. The van der Waals surface area contributed by atoms with E-state index in [0.29, 0.717) is 22.7 Å². The molecule has 1 aliphatic rings. The average molecular weight is 389 g/mol. The van der Waals surface area contributed by atoms with E-state index in [1.807, 2.05) is 0 Å². The molecule has 2 aromatic rings. The summed E-state index contributed by atoms with van der Waals surface area (Å²) in [6, 6.07) is 10.5. The molecule has 0 bridgehead atoms. The molecule has 142 valence electrons. The molecule has 0 radical (unpaired) electrons. The van der Waals surface area contributed by atoms with Crippen molar-refractivity contribution in [2.75, 3.05) is 17.2 Å². The van der Waals surface area contributed by atoms with E-state index in [-0.39, 0.29) is 23.3 Å². The quantitative estimate of drug-likeness (QED) is 0.724. The normalized spacial score (nSPS) is 14.5. The second-order valence-corrected chi connectivity index (χ2v) is 7.85. The standard InChI is InChI=1S/C18H19N3O5S/c1-11(13-3-8-17-16(9-13)20-18(23)10-26-17)21-27(24,25)15-6-4-14(5-7-15)19-12(2)22/h3-9,11,21H,10H2,1-2H3,(H,19,22)(H,20,23). The fourth-order valence-corrected chi connectivity index (χ4v) is 3.89. The number of ether oxygens (including phenoxy) is 1. The highest BCUT2D eigenvalue weighted by molar-refractivity contribution is 7.89. The summed E-state index contributed by atoms with van der Waals surface area (Å²) in [6.45, 7) is 3.04. The van der Waals surface area contributed by atoms with E-state index in [1.54, 1.807) is 25.1 Å². The number of sulfonamides is 1. The molecule has 0 saturated heterocycles. The Balaban J connectivity index is 1.76. The number of hydrogen-bond acceptors (Lipinski definition) is 5. The third-order valence-electron chi connectivity index (χ3n) is 3.95. The van der Waals surface area contributed by atoms with Crippen LogP contribution in [-0.2, 0) is 19.6 Å². The molecule has 1 atom stereocenters. The zero-order valence-corrected chi connectivity index (χ0v) is 15.6. The number of benzene rings is 2. The van der Waals surface area contributed by atoms with Gasteiger partial charge in [-0.2, -0.15) is 0 Å². The predicted octanol–water partition coefficient (Wildman–Crippen LogP) is 2.02. The first kappa shape index (κ1) is 18.9. The zero-order valence-electron chi connectivity index (χ0n) is 14.8. The first-order valence-electron chi connectivity index (χ1n) is 8.21. The fraction of sp³-hybridized carbons (Fsp3) is 0.222. The van der Waals surface area contributed by atoms with Crippen LogP contribution in [0.4, 0.5) is 11.4 Å². The Morgan fingerprint density at radius 1 is 1.19 bits per heavy atom. The van der Waals surface area contributed by atoms with Crippen LogP contribution in [0.25, 0.3) is 0 Å². The molecule has 3 rings (SSSR count). The summed E-state index contributed by atoms with van der Waals surface area (Å²) in [5.41, 5.74) is 1.70. The second-order valence-electron chi connectivity index (χ2n) is 6.14. The molecule has 27 heavy (non-hydrogen) atoms. The van der Waals surface area contributed by atoms with Crippen molar-refractivity contribution < 1.29 is 22.7 Å². The summed E-state index contributed by atoms with van der Waals surface area (Å²) < 4.78 is 33.1. The van der Waals surface area contributed by atoms with E-state index in [9.17, 15) is 18.0 Å². The molecular weight excluding hydrogens is 370 g/mol. The molecule has 0 aromatic heterocycles. The highest BCUT2D eigenvalue weighted by Crippen LogP contribution is 2.31. The van der Waals surface area contributed by atoms with Gasteiger partial charge in [-0.05, 0) is 48.9 Å². The van der Waals surface area contributed by atoms with E-state index in [0.717, 1.165) is 0 Å². The lowest BCUT2D eigenvalue weighted by Crippen LogP contribution is -2.28. The van der Waals surface area contributed by atoms with Crippen molar-refractivity contribution >= 4 is 33.2 Å². The topological polar surface area (TPSA) is 114 Å². The van der Waals surface area contributed by atoms with Crippen molar-refractivity contribution in [3.8, 4) is 5.75 Å². The van der Waals surface area contributed by atoms with Gasteiger partial charge in [-0.15, -0.1) is 0 Å². The maximum absolute atomic E-state index is 12.6. The Morgan fingerprint density at radius 2 is 1.89 bits per heavy atom. The Morgan fingerprint density at radius 3 is 2.56 bits per heavy atom. The van der Waals surface area contributed by atoms with Gasteiger partial charge in [0, 0.05) is 18.7 Å². The van der Waals surface area contributed by atoms with Crippen molar-refractivity contribution in [3.05, 3.63) is 48.0 Å². The minimum Gasteiger partial charge on any atom is -0.482 e. The number of amides is 2. The van der Waals surface area contributed by atoms with Gasteiger partial charge in [-0.3, -0.25) is 9.59 Å². The summed E-state index contributed by atoms with van der Waals surface area (Å²) in [7, 11) is -3.77. The van der Waals surface area contributed by atoms with Gasteiger partial charge >= 0.3 is 0 Å². The zero-order chi connectivity index (χ0) is 19.6. The Bertz CT molecular complexity index is 987. The van der Waals surface area contributed by atoms with E-state index in [2.05, 4.69) is 15.4 Å². The number of anilines is 2. The van der Waals surface area contributed by atoms with Gasteiger partial charge in [-0.25, -0.2) is 13.1 Å². The first-order chi connectivity index (χ1) is 12.7. The minimum absolute atomic E-state index is 0.0387. The highest BCUT2D eigenvalue weighted by atomic mass is 32.2. The van der Waals surface area contributed by atoms with Crippen LogP contribution in [0.1, 0.15) is 25.5 Å². The number of nitrogens with one attached hydrogen (secondary N) is 3. The van der Waals surface area contributed by atoms with Gasteiger partial charge < -0.3 is 15.4 Å². The molecule has 2 aromatic carbocycles. The van der Waals surface area contributed by atoms with E-state index in [4.69, 9.17) is 4.74 Å². The third-order valence-corrected chi connectivity index (χ3v) is 5.51. The molecule has 3 N–H and O–H groups in total. The smallest absolute Gasteiger partial charge is 0.262 e. The van der Waals surface area contributed by atoms with Gasteiger partial charge in [0.25, 0.3) is 5.91 Å². The molecule has 1 unspecified atom stereocenters. The Kier molecular flexibility index (Phi) is 5.15. The molecular formula is C18H19N3O5S. The van der Waals surface area contributed by atoms with Crippen LogP contribution in [-0.4, -0.2) is 26.8 Å². The number of carbonyl (C=O) groups is 2. The largest absolute Gasteiger partial charge is 0.482 e. The highest BCUT2D eigenvalue weighted by Gasteiger charge is 2.21. The summed E-state index contributed by atoms with van der Waals surface area (Å²) in [4.78, 5) is 22.6. The second kappa shape index (κ2) is 7.37. The van der Waals surface area contributed by atoms with Crippen molar-refractivity contribution in [2.45, 2.75) is 24.8 Å². The van der Waals surface area contributed by atoms with Crippen molar-refractivity contribution in [1.29, 1.82) is 0 Å². The third kappa shape index (κ3) is 4.44. The van der Waals surface area contributed by atoms with Gasteiger partial charge in [0.1, 0.15) is 5.75 Å². The van der Waals surface area contributed by atoms with Gasteiger partial charge in [0.05, 0.1) is 10.6 Å². The lowest BCUT2D eigenvalue weighted by Gasteiger charge is -2.21. The van der Waals surface area contributed by atoms with Crippen LogP contribution in [0.5, 0.6) is 5.75 Å². The monoisotopic (exact) mass is 389 g/mol. The SMILES string of the molecule is CC(=O)Nc1ccc(S(=O)(=O)NC(C)c2ccc3c(c2)NC(=O)CO3)cc1. The fourth-order valence-electron chi connectivity index (χ4n) is 2.66. The van der Waals surface area contributed by atoms with Gasteiger partial charge in [0.15, 0.2) is 6.61 Å². The Hall–Kier alpha value is -2.91. The summed E-state index contributed by atoms with van der Waals surface area (Å²) in [5.74, 6) is 0.0509. The van der Waals surface area contributed by atoms with E-state index in [1.165, 1.54) is 31.2 Å². The number of fused-ring (bicyclic) bond motifs is 1. The molecule has 9 heteroatoms. The molecule has 2 amide bonds. The lowest BCUT2D eigenvalue weighted by atomic mass is 10.1. The van der Waals surface area contributed by atoms with Crippen molar-refractivity contribution in [2.24, 2.45) is 0 Å². The van der Waals surface area contributed by atoms with Gasteiger partial charge in [-0.1, -0.05) is 6.07 Å². The van der Waals surface area contributed by atoms with Crippen LogP contribution >= 0.6 is 0 Å². The molecule has 0 aliphatic carbocycles. The first-order valence-corrected chi connectivity index (χ1v) is 9.69. The lowest BCUT2D eigenvalue weighted by molar-refractivity contribution is -0.118. The van der Waals surface area contributed by atoms with Crippen LogP contribution in [0.2, 0.25) is 0 Å². The molecule has 0 spiro atoms. The minimum atomic E-state index is -3.77. The Labute approximate surface area is 157 Å². The van der Waals surface area contributed by atoms with Crippen LogP contribution < -0.4 is 20.1 Å². The molecule has 1 heterocycles. The number of carbonyl (C=O) groups excluding carboxylic acids is 2. The number of rotatable bonds is 5. The predicted molar refractivity (Wildman–Crippen MR) is 100 cm³/mol. The molecule has 1 aliphatic heterocycles. The summed E-state index contributed by atoms with van der Waals surface area (Å²) >= 11 is 0. The van der Waals surface area contributed by atoms with E-state index >= 15 is 0 Å². The maximum atomic E-state index is 12.6. The molecule has 0 fully saturated rings. The van der Waals surface area contributed by atoms with Crippen LogP contribution in [0.3, 0.4) is 0 Å². The van der Waals surface area contributed by atoms with Gasteiger partial charge in [0.2, 0.25) is 15.9 Å². The number of hydrogen-bond donors (Lipinski definition) is 3. The summed E-state index contributed by atoms with van der Waals surface area (Å²) in [6.07, 6.45) is 0. The molecule has 0 saturated carbocycles. The molecule has 8 nitrogen and oxygen atoms in total. The van der Waals surface area contributed by atoms with E-state index < -0.39 is 16.1 Å². The van der Waals surface area contributed by atoms with Crippen LogP contribution in [0, 0.1) is 0 Å². The average Bonchev–Trinajstić information content (AvgIpc) is 2.60. The van der Waals surface area contributed by atoms with Crippen molar-refractivity contribution in [1.82, 2.24) is 4.72 Å².